The van der Waals surface area contributed by atoms with Gasteiger partial charge in [-0.1, -0.05) is 0 Å². The predicted molar refractivity (Wildman–Crippen MR) is 56.5 cm³/mol. The van der Waals surface area contributed by atoms with Crippen LogP contribution in [0.5, 0.6) is 5.75 Å². The fraction of sp³-hybridized carbons (Fsp3) is 0.455. The van der Waals surface area contributed by atoms with Gasteiger partial charge in [-0.2, -0.15) is 13.2 Å². The van der Waals surface area contributed by atoms with Gasteiger partial charge in [0.05, 0.1) is 13.0 Å². The van der Waals surface area contributed by atoms with E-state index in [-0.39, 0.29) is 6.61 Å². The van der Waals surface area contributed by atoms with E-state index in [1.54, 1.807) is 26.0 Å². The van der Waals surface area contributed by atoms with Gasteiger partial charge in [-0.25, -0.2) is 0 Å². The van der Waals surface area contributed by atoms with E-state index in [4.69, 9.17) is 10.5 Å². The molecule has 0 atom stereocenters. The Labute approximate surface area is 92.2 Å². The molecule has 5 heteroatoms. The summed E-state index contributed by atoms with van der Waals surface area (Å²) in [4.78, 5) is 0. The van der Waals surface area contributed by atoms with Gasteiger partial charge in [0, 0.05) is 5.69 Å². The second kappa shape index (κ2) is 4.63. The van der Waals surface area contributed by atoms with Crippen LogP contribution < -0.4 is 10.5 Å². The van der Waals surface area contributed by atoms with E-state index in [0.29, 0.717) is 11.4 Å². The highest BCUT2D eigenvalue weighted by Crippen LogP contribution is 2.27. The lowest BCUT2D eigenvalue weighted by Crippen LogP contribution is -2.13. The largest absolute Gasteiger partial charge is 0.493 e. The van der Waals surface area contributed by atoms with Crippen molar-refractivity contribution in [3.63, 3.8) is 0 Å². The van der Waals surface area contributed by atoms with Crippen molar-refractivity contribution in [2.45, 2.75) is 26.4 Å². The van der Waals surface area contributed by atoms with Crippen LogP contribution in [-0.4, -0.2) is 12.8 Å². The molecule has 2 N–H and O–H groups in total. The van der Waals surface area contributed by atoms with Gasteiger partial charge < -0.3 is 10.5 Å². The molecule has 0 heterocycles. The molecule has 0 saturated carbocycles. The summed E-state index contributed by atoms with van der Waals surface area (Å²) in [5.74, 6) is 0.485. The summed E-state index contributed by atoms with van der Waals surface area (Å²) < 4.78 is 40.9. The van der Waals surface area contributed by atoms with Gasteiger partial charge in [-0.3, -0.25) is 0 Å². The summed E-state index contributed by atoms with van der Waals surface area (Å²) in [6, 6.07) is 3.35. The van der Waals surface area contributed by atoms with Crippen molar-refractivity contribution in [2.24, 2.45) is 0 Å². The normalized spacial score (nSPS) is 11.6. The van der Waals surface area contributed by atoms with Crippen LogP contribution in [0.2, 0.25) is 0 Å². The van der Waals surface area contributed by atoms with Crippen LogP contribution >= 0.6 is 0 Å². The number of hydrogen-bond acceptors (Lipinski definition) is 2. The van der Waals surface area contributed by atoms with E-state index >= 15 is 0 Å². The molecular formula is C11H14F3NO. The molecule has 2 nitrogen and oxygen atoms in total. The highest BCUT2D eigenvalue weighted by atomic mass is 19.4. The Bertz CT molecular complexity index is 351. The molecule has 0 bridgehead atoms. The number of nitrogens with two attached hydrogens (primary N) is 1. The zero-order valence-electron chi connectivity index (χ0n) is 9.19. The second-order valence-corrected chi connectivity index (χ2v) is 3.70. The number of alkyl halides is 3. The van der Waals surface area contributed by atoms with Crippen molar-refractivity contribution in [1.82, 2.24) is 0 Å². The topological polar surface area (TPSA) is 35.2 Å². The fourth-order valence-electron chi connectivity index (χ4n) is 1.48. The Hall–Kier alpha value is -1.39. The van der Waals surface area contributed by atoms with Crippen LogP contribution in [-0.2, 0) is 0 Å². The highest BCUT2D eigenvalue weighted by molar-refractivity contribution is 5.52. The summed E-state index contributed by atoms with van der Waals surface area (Å²) in [7, 11) is 0. The van der Waals surface area contributed by atoms with Gasteiger partial charge >= 0.3 is 6.18 Å². The molecule has 0 aliphatic heterocycles. The first-order valence-electron chi connectivity index (χ1n) is 4.86. The number of benzene rings is 1. The standard InChI is InChI=1S/C11H14F3NO/c1-7-5-9(15)6-8(2)10(7)16-4-3-11(12,13)14/h5-6H,3-4,15H2,1-2H3. The lowest BCUT2D eigenvalue weighted by Gasteiger charge is -2.13. The number of hydrogen-bond donors (Lipinski definition) is 1. The molecule has 1 aromatic carbocycles. The SMILES string of the molecule is Cc1cc(N)cc(C)c1OCCC(F)(F)F. The van der Waals surface area contributed by atoms with E-state index in [9.17, 15) is 13.2 Å². The zero-order chi connectivity index (χ0) is 12.3. The van der Waals surface area contributed by atoms with Crippen LogP contribution in [0.25, 0.3) is 0 Å². The van der Waals surface area contributed by atoms with Crippen molar-refractivity contribution in [3.05, 3.63) is 23.3 Å². The van der Waals surface area contributed by atoms with Gasteiger partial charge in [0.25, 0.3) is 0 Å². The number of rotatable bonds is 3. The summed E-state index contributed by atoms with van der Waals surface area (Å²) >= 11 is 0. The van der Waals surface area contributed by atoms with E-state index in [1.165, 1.54) is 0 Å². The quantitative estimate of drug-likeness (QED) is 0.813. The van der Waals surface area contributed by atoms with Crippen molar-refractivity contribution >= 4 is 5.69 Å². The molecular weight excluding hydrogens is 219 g/mol. The van der Waals surface area contributed by atoms with Gasteiger partial charge in [-0.05, 0) is 37.1 Å². The first kappa shape index (κ1) is 12.7. The average molecular weight is 233 g/mol. The fourth-order valence-corrected chi connectivity index (χ4v) is 1.48. The van der Waals surface area contributed by atoms with Crippen molar-refractivity contribution in [2.75, 3.05) is 12.3 Å². The third kappa shape index (κ3) is 3.64. The molecule has 16 heavy (non-hydrogen) atoms. The third-order valence-electron chi connectivity index (χ3n) is 2.11. The molecule has 0 spiro atoms. The number of nitrogen functional groups attached to an aromatic ring is 1. The maximum absolute atomic E-state index is 11.9. The Morgan fingerprint density at radius 1 is 1.19 bits per heavy atom. The lowest BCUT2D eigenvalue weighted by molar-refractivity contribution is -0.139. The minimum absolute atomic E-state index is 0.366. The van der Waals surface area contributed by atoms with E-state index in [0.717, 1.165) is 11.1 Å². The first-order chi connectivity index (χ1) is 7.29. The van der Waals surface area contributed by atoms with E-state index in [1.807, 2.05) is 0 Å². The third-order valence-corrected chi connectivity index (χ3v) is 2.11. The second-order valence-electron chi connectivity index (χ2n) is 3.70. The van der Waals surface area contributed by atoms with Gasteiger partial charge in [0.1, 0.15) is 5.75 Å². The van der Waals surface area contributed by atoms with Crippen LogP contribution in [0.4, 0.5) is 18.9 Å². The van der Waals surface area contributed by atoms with Crippen molar-refractivity contribution < 1.29 is 17.9 Å². The molecule has 1 aromatic rings. The molecule has 0 fully saturated rings. The zero-order valence-corrected chi connectivity index (χ0v) is 9.19. The molecule has 0 amide bonds. The van der Waals surface area contributed by atoms with Crippen LogP contribution in [0.15, 0.2) is 12.1 Å². The summed E-state index contributed by atoms with van der Waals surface area (Å²) in [6.45, 7) is 3.15. The van der Waals surface area contributed by atoms with Gasteiger partial charge in [0.2, 0.25) is 0 Å². The Morgan fingerprint density at radius 2 is 1.69 bits per heavy atom. The molecule has 0 aliphatic carbocycles. The highest BCUT2D eigenvalue weighted by Gasteiger charge is 2.27. The molecule has 0 radical (unpaired) electrons. The Morgan fingerprint density at radius 3 is 2.12 bits per heavy atom. The molecule has 0 unspecified atom stereocenters. The van der Waals surface area contributed by atoms with Gasteiger partial charge in [0.15, 0.2) is 0 Å². The molecule has 0 saturated heterocycles. The number of anilines is 1. The molecule has 90 valence electrons. The molecule has 1 rings (SSSR count). The number of aryl methyl sites for hydroxylation is 2. The summed E-state index contributed by atoms with van der Waals surface area (Å²) in [6.07, 6.45) is -5.13. The molecule has 0 aromatic heterocycles. The monoisotopic (exact) mass is 233 g/mol. The first-order valence-corrected chi connectivity index (χ1v) is 4.86. The number of halogens is 3. The smallest absolute Gasteiger partial charge is 0.392 e. The van der Waals surface area contributed by atoms with E-state index < -0.39 is 12.6 Å². The minimum Gasteiger partial charge on any atom is -0.493 e. The average Bonchev–Trinajstić information content (AvgIpc) is 2.07. The predicted octanol–water partition coefficient (Wildman–Crippen LogP) is 3.22. The van der Waals surface area contributed by atoms with E-state index in [2.05, 4.69) is 0 Å². The Balaban J connectivity index is 2.68. The number of ether oxygens (including phenoxy) is 1. The minimum atomic E-state index is -4.18. The molecule has 0 aliphatic rings. The summed E-state index contributed by atoms with van der Waals surface area (Å²) in [5.41, 5.74) is 7.67. The van der Waals surface area contributed by atoms with Crippen LogP contribution in [0, 0.1) is 13.8 Å². The summed E-state index contributed by atoms with van der Waals surface area (Å²) in [5, 5.41) is 0. The Kier molecular flexibility index (Phi) is 3.67. The van der Waals surface area contributed by atoms with Crippen LogP contribution in [0.1, 0.15) is 17.5 Å². The lowest BCUT2D eigenvalue weighted by atomic mass is 10.1. The van der Waals surface area contributed by atoms with Crippen molar-refractivity contribution in [3.8, 4) is 5.75 Å². The van der Waals surface area contributed by atoms with Crippen LogP contribution in [0.3, 0.4) is 0 Å². The van der Waals surface area contributed by atoms with Crippen molar-refractivity contribution in [1.29, 1.82) is 0 Å². The maximum atomic E-state index is 11.9. The maximum Gasteiger partial charge on any atom is 0.392 e. The van der Waals surface area contributed by atoms with Gasteiger partial charge in [-0.15, -0.1) is 0 Å².